The number of para-hydroxylation sites is 1. The Morgan fingerprint density at radius 2 is 0.929 bits per heavy atom. The SMILES string of the molecule is c1ccc(-c2cccc(-c3ccc(-n4c5ccccc5c5ccc6c7ccccc7sc6c54)cc3-c3nc(-c4ccccc4)nc(-c4ccccc4)n3)c2)cc1. The Kier molecular flexibility index (Phi) is 7.64. The van der Waals surface area contributed by atoms with Crippen molar-refractivity contribution in [2.45, 2.75) is 0 Å². The van der Waals surface area contributed by atoms with E-state index in [0.29, 0.717) is 17.5 Å². The van der Waals surface area contributed by atoms with Gasteiger partial charge >= 0.3 is 0 Å². The lowest BCUT2D eigenvalue weighted by Crippen LogP contribution is -2.02. The van der Waals surface area contributed by atoms with E-state index in [1.54, 1.807) is 0 Å². The van der Waals surface area contributed by atoms with Crippen LogP contribution in [0.3, 0.4) is 0 Å². The first-order valence-corrected chi connectivity index (χ1v) is 19.6. The fourth-order valence-corrected chi connectivity index (χ4v) is 9.27. The van der Waals surface area contributed by atoms with Crippen LogP contribution in [0.15, 0.2) is 194 Å². The summed E-state index contributed by atoms with van der Waals surface area (Å²) in [5, 5.41) is 5.02. The second-order valence-corrected chi connectivity index (χ2v) is 15.1. The third-order valence-electron chi connectivity index (χ3n) is 10.7. The van der Waals surface area contributed by atoms with E-state index in [1.165, 1.54) is 42.0 Å². The first-order chi connectivity index (χ1) is 27.8. The van der Waals surface area contributed by atoms with E-state index in [9.17, 15) is 0 Å². The first-order valence-electron chi connectivity index (χ1n) is 18.8. The predicted molar refractivity (Wildman–Crippen MR) is 234 cm³/mol. The molecule has 8 aromatic carbocycles. The van der Waals surface area contributed by atoms with Crippen LogP contribution >= 0.6 is 11.3 Å². The Labute approximate surface area is 327 Å². The quantitative estimate of drug-likeness (QED) is 0.171. The molecule has 0 saturated carbocycles. The van der Waals surface area contributed by atoms with Crippen molar-refractivity contribution in [3.63, 3.8) is 0 Å². The highest BCUT2D eigenvalue weighted by atomic mass is 32.1. The van der Waals surface area contributed by atoms with Crippen molar-refractivity contribution in [1.82, 2.24) is 19.5 Å². The lowest BCUT2D eigenvalue weighted by atomic mass is 9.95. The number of nitrogens with zero attached hydrogens (tertiary/aromatic N) is 4. The van der Waals surface area contributed by atoms with Crippen LogP contribution in [-0.2, 0) is 0 Å². The minimum atomic E-state index is 0.618. The van der Waals surface area contributed by atoms with Crippen LogP contribution in [0, 0.1) is 0 Å². The number of fused-ring (bicyclic) bond motifs is 7. The summed E-state index contributed by atoms with van der Waals surface area (Å²) < 4.78 is 5.00. The molecule has 0 saturated heterocycles. The molecule has 0 N–H and O–H groups in total. The van der Waals surface area contributed by atoms with Gasteiger partial charge in [0, 0.05) is 48.6 Å². The van der Waals surface area contributed by atoms with Crippen LogP contribution in [0.1, 0.15) is 0 Å². The number of aromatic nitrogens is 4. The lowest BCUT2D eigenvalue weighted by Gasteiger charge is -2.16. The fourth-order valence-electron chi connectivity index (χ4n) is 8.03. The lowest BCUT2D eigenvalue weighted by molar-refractivity contribution is 1.07. The molecule has 3 aromatic heterocycles. The highest BCUT2D eigenvalue weighted by molar-refractivity contribution is 7.26. The molecular formula is C51H32N4S. The van der Waals surface area contributed by atoms with Crippen molar-refractivity contribution in [2.24, 2.45) is 0 Å². The zero-order valence-electron chi connectivity index (χ0n) is 30.2. The van der Waals surface area contributed by atoms with Gasteiger partial charge in [0.25, 0.3) is 0 Å². The molecular weight excluding hydrogens is 701 g/mol. The molecule has 0 unspecified atom stereocenters. The molecule has 3 heterocycles. The zero-order chi connectivity index (χ0) is 37.0. The molecule has 11 aromatic rings. The maximum absolute atomic E-state index is 5.26. The Morgan fingerprint density at radius 1 is 0.357 bits per heavy atom. The maximum Gasteiger partial charge on any atom is 0.164 e. The third-order valence-corrected chi connectivity index (χ3v) is 11.9. The van der Waals surface area contributed by atoms with Crippen LogP contribution < -0.4 is 0 Å². The van der Waals surface area contributed by atoms with Gasteiger partial charge < -0.3 is 4.57 Å². The smallest absolute Gasteiger partial charge is 0.164 e. The van der Waals surface area contributed by atoms with Crippen molar-refractivity contribution in [2.75, 3.05) is 0 Å². The van der Waals surface area contributed by atoms with Gasteiger partial charge in [-0.3, -0.25) is 0 Å². The van der Waals surface area contributed by atoms with Gasteiger partial charge in [0.2, 0.25) is 0 Å². The molecule has 11 rings (SSSR count). The number of thiophene rings is 1. The summed E-state index contributed by atoms with van der Waals surface area (Å²) in [5.74, 6) is 1.88. The summed E-state index contributed by atoms with van der Waals surface area (Å²) in [6, 6.07) is 68.5. The van der Waals surface area contributed by atoms with Crippen molar-refractivity contribution in [3.8, 4) is 62.1 Å². The molecule has 0 aliphatic rings. The first kappa shape index (κ1) is 32.2. The minimum Gasteiger partial charge on any atom is -0.308 e. The largest absolute Gasteiger partial charge is 0.308 e. The van der Waals surface area contributed by atoms with Crippen molar-refractivity contribution < 1.29 is 0 Å². The van der Waals surface area contributed by atoms with Gasteiger partial charge in [0.15, 0.2) is 17.5 Å². The maximum atomic E-state index is 5.26. The number of hydrogen-bond acceptors (Lipinski definition) is 4. The molecule has 0 fully saturated rings. The number of benzene rings is 8. The van der Waals surface area contributed by atoms with Crippen molar-refractivity contribution in [3.05, 3.63) is 194 Å². The Bertz CT molecular complexity index is 3180. The Hall–Kier alpha value is -7.21. The Morgan fingerprint density at radius 3 is 1.66 bits per heavy atom. The average Bonchev–Trinajstić information content (AvgIpc) is 3.83. The molecule has 0 amide bonds. The van der Waals surface area contributed by atoms with E-state index in [4.69, 9.17) is 15.0 Å². The summed E-state index contributed by atoms with van der Waals surface area (Å²) >= 11 is 1.86. The third kappa shape index (κ3) is 5.40. The zero-order valence-corrected chi connectivity index (χ0v) is 31.0. The van der Waals surface area contributed by atoms with E-state index in [2.05, 4.69) is 162 Å². The Balaban J connectivity index is 1.22. The van der Waals surface area contributed by atoms with Crippen molar-refractivity contribution in [1.29, 1.82) is 0 Å². The molecule has 0 aliphatic carbocycles. The van der Waals surface area contributed by atoms with Crippen LogP contribution in [0.25, 0.3) is 104 Å². The van der Waals surface area contributed by atoms with E-state index in [1.807, 2.05) is 47.7 Å². The standard InChI is InChI=1S/C51H32N4S/c1-4-15-33(16-5-1)36-21-14-22-37(31-36)39-28-27-38(32-44(39)51-53-49(34-17-6-2-7-18-34)52-50(54-51)35-19-8-3-9-20-35)55-45-25-12-10-23-40(45)42-29-30-43-41-24-11-13-26-46(41)56-48(43)47(42)55/h1-32H. The summed E-state index contributed by atoms with van der Waals surface area (Å²) in [7, 11) is 0. The van der Waals surface area contributed by atoms with Gasteiger partial charge in [-0.05, 0) is 52.6 Å². The minimum absolute atomic E-state index is 0.618. The van der Waals surface area contributed by atoms with Gasteiger partial charge in [-0.25, -0.2) is 15.0 Å². The fraction of sp³-hybridized carbons (Fsp3) is 0. The van der Waals surface area contributed by atoms with Crippen LogP contribution in [0.5, 0.6) is 0 Å². The summed E-state index contributed by atoms with van der Waals surface area (Å²) in [4.78, 5) is 15.6. The van der Waals surface area contributed by atoms with Gasteiger partial charge in [0.05, 0.1) is 15.7 Å². The molecule has 4 nitrogen and oxygen atoms in total. The van der Waals surface area contributed by atoms with E-state index in [-0.39, 0.29) is 0 Å². The topological polar surface area (TPSA) is 43.6 Å². The van der Waals surface area contributed by atoms with Crippen LogP contribution in [-0.4, -0.2) is 19.5 Å². The van der Waals surface area contributed by atoms with E-state index < -0.39 is 0 Å². The molecule has 56 heavy (non-hydrogen) atoms. The average molecular weight is 733 g/mol. The van der Waals surface area contributed by atoms with E-state index in [0.717, 1.165) is 44.6 Å². The number of hydrogen-bond donors (Lipinski definition) is 0. The van der Waals surface area contributed by atoms with Gasteiger partial charge in [-0.2, -0.15) is 0 Å². The summed E-state index contributed by atoms with van der Waals surface area (Å²) in [6.07, 6.45) is 0. The molecule has 5 heteroatoms. The second-order valence-electron chi connectivity index (χ2n) is 14.0. The highest BCUT2D eigenvalue weighted by Crippen LogP contribution is 2.44. The predicted octanol–water partition coefficient (Wildman–Crippen LogP) is 13.7. The van der Waals surface area contributed by atoms with Crippen LogP contribution in [0.4, 0.5) is 0 Å². The summed E-state index contributed by atoms with van der Waals surface area (Å²) in [6.45, 7) is 0. The number of rotatable bonds is 6. The molecule has 0 bridgehead atoms. The monoisotopic (exact) mass is 732 g/mol. The second kappa shape index (κ2) is 13.3. The molecule has 0 aliphatic heterocycles. The highest BCUT2D eigenvalue weighted by Gasteiger charge is 2.21. The molecule has 262 valence electrons. The molecule has 0 spiro atoms. The molecule has 0 atom stereocenters. The van der Waals surface area contributed by atoms with Crippen LogP contribution in [0.2, 0.25) is 0 Å². The molecule has 0 radical (unpaired) electrons. The van der Waals surface area contributed by atoms with Gasteiger partial charge in [0.1, 0.15) is 0 Å². The van der Waals surface area contributed by atoms with Gasteiger partial charge in [-0.1, -0.05) is 164 Å². The summed E-state index contributed by atoms with van der Waals surface area (Å²) in [5.41, 5.74) is 10.7. The van der Waals surface area contributed by atoms with Crippen molar-refractivity contribution >= 4 is 53.3 Å². The normalized spacial score (nSPS) is 11.6. The van der Waals surface area contributed by atoms with Gasteiger partial charge in [-0.15, -0.1) is 11.3 Å². The van der Waals surface area contributed by atoms with E-state index >= 15 is 0 Å².